The second kappa shape index (κ2) is 8.60. The highest BCUT2D eigenvalue weighted by Gasteiger charge is 2.16. The molecule has 0 radical (unpaired) electrons. The molecule has 0 spiro atoms. The molecule has 3 aromatic rings. The van der Waals surface area contributed by atoms with Crippen LogP contribution in [0.3, 0.4) is 0 Å². The van der Waals surface area contributed by atoms with Crippen molar-refractivity contribution in [2.45, 2.75) is 20.0 Å². The van der Waals surface area contributed by atoms with Gasteiger partial charge in [-0.1, -0.05) is 29.8 Å². The fourth-order valence-corrected chi connectivity index (χ4v) is 2.78. The number of carbonyl (C=O) groups excluding carboxylic acids is 1. The van der Waals surface area contributed by atoms with Crippen LogP contribution in [0.1, 0.15) is 12.5 Å². The van der Waals surface area contributed by atoms with Crippen LogP contribution < -0.4 is 15.4 Å². The highest BCUT2D eigenvalue weighted by atomic mass is 35.5. The predicted octanol–water partition coefficient (Wildman–Crippen LogP) is 5.80. The summed E-state index contributed by atoms with van der Waals surface area (Å²) in [4.78, 5) is 12.4. The summed E-state index contributed by atoms with van der Waals surface area (Å²) in [5.41, 5.74) is 3.55. The van der Waals surface area contributed by atoms with Gasteiger partial charge in [-0.2, -0.15) is 0 Å². The van der Waals surface area contributed by atoms with Crippen LogP contribution in [0.4, 0.5) is 17.1 Å². The lowest BCUT2D eigenvalue weighted by atomic mass is 10.2. The number of hydrogen-bond donors (Lipinski definition) is 2. The quantitative estimate of drug-likeness (QED) is 0.568. The normalized spacial score (nSPS) is 11.5. The summed E-state index contributed by atoms with van der Waals surface area (Å²) in [6.45, 7) is 3.61. The first-order valence-electron chi connectivity index (χ1n) is 8.67. The van der Waals surface area contributed by atoms with Gasteiger partial charge in [-0.25, -0.2) is 0 Å². The Morgan fingerprint density at radius 2 is 1.56 bits per heavy atom. The highest BCUT2D eigenvalue weighted by molar-refractivity contribution is 6.30. The maximum atomic E-state index is 12.4. The molecule has 3 rings (SSSR count). The Morgan fingerprint density at radius 3 is 2.22 bits per heavy atom. The molecule has 0 aromatic heterocycles. The van der Waals surface area contributed by atoms with E-state index in [1.807, 2.05) is 61.5 Å². The standard InChI is InChI=1S/C22H21ClN2O2/c1-15-14-17(23)8-13-21(15)27-16(2)22(26)25-20-11-9-19(10-12-20)24-18-6-4-3-5-7-18/h3-14,16,24H,1-2H3,(H,25,26)/t16-/m1/s1. The van der Waals surface area contributed by atoms with Gasteiger partial charge in [0.05, 0.1) is 0 Å². The Morgan fingerprint density at radius 1 is 0.926 bits per heavy atom. The van der Waals surface area contributed by atoms with Crippen molar-refractivity contribution in [2.24, 2.45) is 0 Å². The Hall–Kier alpha value is -2.98. The molecular formula is C22H21ClN2O2. The van der Waals surface area contributed by atoms with Gasteiger partial charge >= 0.3 is 0 Å². The summed E-state index contributed by atoms with van der Waals surface area (Å²) in [6, 6.07) is 22.8. The van der Waals surface area contributed by atoms with Crippen LogP contribution in [-0.4, -0.2) is 12.0 Å². The number of halogens is 1. The molecule has 1 amide bonds. The lowest BCUT2D eigenvalue weighted by Gasteiger charge is -2.16. The van der Waals surface area contributed by atoms with E-state index in [0.717, 1.165) is 16.9 Å². The summed E-state index contributed by atoms with van der Waals surface area (Å²) in [6.07, 6.45) is -0.632. The van der Waals surface area contributed by atoms with E-state index >= 15 is 0 Å². The molecule has 1 atom stereocenters. The molecular weight excluding hydrogens is 360 g/mol. The molecule has 3 aromatic carbocycles. The van der Waals surface area contributed by atoms with Gasteiger partial charge in [0.1, 0.15) is 5.75 Å². The summed E-state index contributed by atoms with van der Waals surface area (Å²) in [5, 5.41) is 6.81. The Balaban J connectivity index is 1.58. The first kappa shape index (κ1) is 18.8. The van der Waals surface area contributed by atoms with Crippen molar-refractivity contribution in [3.8, 4) is 5.75 Å². The minimum atomic E-state index is -0.632. The Kier molecular flexibility index (Phi) is 5.99. The zero-order chi connectivity index (χ0) is 19.2. The van der Waals surface area contributed by atoms with Gasteiger partial charge in [-0.05, 0) is 74.0 Å². The van der Waals surface area contributed by atoms with Gasteiger partial charge in [0.2, 0.25) is 0 Å². The van der Waals surface area contributed by atoms with Gasteiger partial charge in [0.15, 0.2) is 6.10 Å². The van der Waals surface area contributed by atoms with Crippen molar-refractivity contribution in [2.75, 3.05) is 10.6 Å². The van der Waals surface area contributed by atoms with Gasteiger partial charge in [0.25, 0.3) is 5.91 Å². The van der Waals surface area contributed by atoms with Crippen LogP contribution >= 0.6 is 11.6 Å². The summed E-state index contributed by atoms with van der Waals surface area (Å²) in [7, 11) is 0. The van der Waals surface area contributed by atoms with Gasteiger partial charge < -0.3 is 15.4 Å². The van der Waals surface area contributed by atoms with Crippen molar-refractivity contribution in [3.05, 3.63) is 83.4 Å². The second-order valence-corrected chi connectivity index (χ2v) is 6.66. The van der Waals surface area contributed by atoms with Crippen molar-refractivity contribution < 1.29 is 9.53 Å². The third-order valence-corrected chi connectivity index (χ3v) is 4.26. The number of nitrogens with one attached hydrogen (secondary N) is 2. The fourth-order valence-electron chi connectivity index (χ4n) is 2.56. The third-order valence-electron chi connectivity index (χ3n) is 4.02. The average molecular weight is 381 g/mol. The number of aryl methyl sites for hydroxylation is 1. The molecule has 0 aliphatic rings. The topological polar surface area (TPSA) is 50.4 Å². The number of rotatable bonds is 6. The van der Waals surface area contributed by atoms with E-state index in [9.17, 15) is 4.79 Å². The molecule has 4 nitrogen and oxygen atoms in total. The zero-order valence-electron chi connectivity index (χ0n) is 15.2. The molecule has 0 heterocycles. The number of carbonyl (C=O) groups is 1. The molecule has 138 valence electrons. The molecule has 0 unspecified atom stereocenters. The number of amides is 1. The number of hydrogen-bond acceptors (Lipinski definition) is 3. The summed E-state index contributed by atoms with van der Waals surface area (Å²) in [5.74, 6) is 0.428. The second-order valence-electron chi connectivity index (χ2n) is 6.23. The van der Waals surface area contributed by atoms with Crippen LogP contribution in [0.5, 0.6) is 5.75 Å². The molecule has 2 N–H and O–H groups in total. The summed E-state index contributed by atoms with van der Waals surface area (Å²) < 4.78 is 5.75. The van der Waals surface area contributed by atoms with Gasteiger partial charge in [0, 0.05) is 22.1 Å². The average Bonchev–Trinajstić information content (AvgIpc) is 2.66. The van der Waals surface area contributed by atoms with E-state index in [1.54, 1.807) is 25.1 Å². The number of para-hydroxylation sites is 1. The molecule has 5 heteroatoms. The summed E-state index contributed by atoms with van der Waals surface area (Å²) >= 11 is 5.95. The van der Waals surface area contributed by atoms with E-state index < -0.39 is 6.10 Å². The highest BCUT2D eigenvalue weighted by Crippen LogP contribution is 2.23. The maximum Gasteiger partial charge on any atom is 0.265 e. The van der Waals surface area contributed by atoms with Crippen molar-refractivity contribution in [1.29, 1.82) is 0 Å². The van der Waals surface area contributed by atoms with Crippen LogP contribution in [0, 0.1) is 6.92 Å². The zero-order valence-corrected chi connectivity index (χ0v) is 16.0. The smallest absolute Gasteiger partial charge is 0.265 e. The van der Waals surface area contributed by atoms with Gasteiger partial charge in [-0.15, -0.1) is 0 Å². The van der Waals surface area contributed by atoms with E-state index in [1.165, 1.54) is 0 Å². The van der Waals surface area contributed by atoms with Crippen LogP contribution in [0.15, 0.2) is 72.8 Å². The minimum absolute atomic E-state index is 0.215. The first-order chi connectivity index (χ1) is 13.0. The molecule has 0 saturated heterocycles. The maximum absolute atomic E-state index is 12.4. The Labute approximate surface area is 164 Å². The van der Waals surface area contributed by atoms with Crippen LogP contribution in [0.25, 0.3) is 0 Å². The number of benzene rings is 3. The van der Waals surface area contributed by atoms with E-state index in [-0.39, 0.29) is 5.91 Å². The molecule has 0 aliphatic heterocycles. The lowest BCUT2D eigenvalue weighted by molar-refractivity contribution is -0.122. The molecule has 0 aliphatic carbocycles. The van der Waals surface area contributed by atoms with Crippen molar-refractivity contribution in [3.63, 3.8) is 0 Å². The SMILES string of the molecule is Cc1cc(Cl)ccc1O[C@H](C)C(=O)Nc1ccc(Nc2ccccc2)cc1. The monoisotopic (exact) mass is 380 g/mol. The molecule has 0 saturated carbocycles. The predicted molar refractivity (Wildman–Crippen MR) is 111 cm³/mol. The molecule has 27 heavy (non-hydrogen) atoms. The molecule has 0 bridgehead atoms. The fraction of sp³-hybridized carbons (Fsp3) is 0.136. The van der Waals surface area contributed by atoms with Crippen LogP contribution in [-0.2, 0) is 4.79 Å². The van der Waals surface area contributed by atoms with E-state index in [0.29, 0.717) is 16.5 Å². The lowest BCUT2D eigenvalue weighted by Crippen LogP contribution is -2.30. The van der Waals surface area contributed by atoms with Gasteiger partial charge in [-0.3, -0.25) is 4.79 Å². The van der Waals surface area contributed by atoms with Crippen molar-refractivity contribution in [1.82, 2.24) is 0 Å². The first-order valence-corrected chi connectivity index (χ1v) is 9.05. The van der Waals surface area contributed by atoms with E-state index in [2.05, 4.69) is 10.6 Å². The number of anilines is 3. The molecule has 0 fully saturated rings. The number of ether oxygens (including phenoxy) is 1. The van der Waals surface area contributed by atoms with Crippen molar-refractivity contribution >= 4 is 34.6 Å². The third kappa shape index (κ3) is 5.25. The largest absolute Gasteiger partial charge is 0.481 e. The van der Waals surface area contributed by atoms with E-state index in [4.69, 9.17) is 16.3 Å². The van der Waals surface area contributed by atoms with Crippen LogP contribution in [0.2, 0.25) is 5.02 Å². The minimum Gasteiger partial charge on any atom is -0.481 e. The Bertz CT molecular complexity index is 911.